The minimum absolute atomic E-state index is 0.208. The van der Waals surface area contributed by atoms with Crippen LogP contribution in [0, 0.1) is 5.82 Å². The molecule has 0 radical (unpaired) electrons. The van der Waals surface area contributed by atoms with Crippen LogP contribution in [0.1, 0.15) is 18.4 Å². The molecule has 0 bridgehead atoms. The van der Waals surface area contributed by atoms with Gasteiger partial charge in [0, 0.05) is 24.3 Å². The van der Waals surface area contributed by atoms with Crippen LogP contribution in [0.15, 0.2) is 36.5 Å². The Kier molecular flexibility index (Phi) is 3.27. The highest BCUT2D eigenvalue weighted by Crippen LogP contribution is 2.23. The van der Waals surface area contributed by atoms with Crippen molar-refractivity contribution in [1.82, 2.24) is 9.97 Å². The van der Waals surface area contributed by atoms with E-state index in [0.29, 0.717) is 29.9 Å². The molecule has 0 saturated heterocycles. The van der Waals surface area contributed by atoms with E-state index in [4.69, 9.17) is 0 Å². The van der Waals surface area contributed by atoms with Crippen LogP contribution in [-0.2, 0) is 6.54 Å². The molecule has 0 amide bonds. The van der Waals surface area contributed by atoms with Crippen LogP contribution in [0.3, 0.4) is 0 Å². The van der Waals surface area contributed by atoms with Crippen molar-refractivity contribution in [2.75, 3.05) is 10.6 Å². The van der Waals surface area contributed by atoms with Gasteiger partial charge in [-0.05, 0) is 25.0 Å². The summed E-state index contributed by atoms with van der Waals surface area (Å²) in [5.41, 5.74) is 0.623. The summed E-state index contributed by atoms with van der Waals surface area (Å²) in [6.07, 6.45) is 4.05. The number of nitrogens with zero attached hydrogens (tertiary/aromatic N) is 2. The lowest BCUT2D eigenvalue weighted by molar-refractivity contribution is 0.613. The first-order valence-corrected chi connectivity index (χ1v) is 6.38. The quantitative estimate of drug-likeness (QED) is 0.865. The predicted molar refractivity (Wildman–Crippen MR) is 72.4 cm³/mol. The van der Waals surface area contributed by atoms with Gasteiger partial charge in [-0.25, -0.2) is 9.37 Å². The number of anilines is 2. The van der Waals surface area contributed by atoms with E-state index in [9.17, 15) is 4.39 Å². The lowest BCUT2D eigenvalue weighted by atomic mass is 10.2. The second-order valence-electron chi connectivity index (χ2n) is 4.63. The SMILES string of the molecule is Fc1ccccc1CNc1ccnc(NC2CC2)n1. The predicted octanol–water partition coefficient (Wildman–Crippen LogP) is 2.80. The molecule has 3 rings (SSSR count). The summed E-state index contributed by atoms with van der Waals surface area (Å²) in [5.74, 6) is 1.11. The zero-order valence-corrected chi connectivity index (χ0v) is 10.4. The van der Waals surface area contributed by atoms with Gasteiger partial charge >= 0.3 is 0 Å². The summed E-state index contributed by atoms with van der Waals surface area (Å²) in [5, 5.41) is 6.33. The van der Waals surface area contributed by atoms with Gasteiger partial charge in [-0.1, -0.05) is 18.2 Å². The molecule has 1 aromatic carbocycles. The smallest absolute Gasteiger partial charge is 0.224 e. The fraction of sp³-hybridized carbons (Fsp3) is 0.286. The Bertz CT molecular complexity index is 569. The Hall–Kier alpha value is -2.17. The second kappa shape index (κ2) is 5.22. The number of rotatable bonds is 5. The molecule has 1 fully saturated rings. The van der Waals surface area contributed by atoms with Crippen molar-refractivity contribution in [1.29, 1.82) is 0 Å². The van der Waals surface area contributed by atoms with Crippen molar-refractivity contribution in [3.63, 3.8) is 0 Å². The summed E-state index contributed by atoms with van der Waals surface area (Å²) in [7, 11) is 0. The van der Waals surface area contributed by atoms with Crippen LogP contribution < -0.4 is 10.6 Å². The highest BCUT2D eigenvalue weighted by atomic mass is 19.1. The monoisotopic (exact) mass is 258 g/mol. The molecule has 1 saturated carbocycles. The molecule has 1 aliphatic rings. The topological polar surface area (TPSA) is 49.8 Å². The fourth-order valence-electron chi connectivity index (χ4n) is 1.76. The van der Waals surface area contributed by atoms with Crippen LogP contribution in [0.4, 0.5) is 16.2 Å². The standard InChI is InChI=1S/C14H15FN4/c15-12-4-2-1-3-10(12)9-17-13-7-8-16-14(19-13)18-11-5-6-11/h1-4,7-8,11H,5-6,9H2,(H2,16,17,18,19). The van der Waals surface area contributed by atoms with Crippen LogP contribution in [0.5, 0.6) is 0 Å². The Balaban J connectivity index is 1.64. The fourth-order valence-corrected chi connectivity index (χ4v) is 1.76. The van der Waals surface area contributed by atoms with E-state index in [1.165, 1.54) is 18.9 Å². The molecular formula is C14H15FN4. The highest BCUT2D eigenvalue weighted by molar-refractivity contribution is 5.41. The zero-order valence-electron chi connectivity index (χ0n) is 10.4. The molecule has 0 unspecified atom stereocenters. The molecule has 5 heteroatoms. The van der Waals surface area contributed by atoms with Crippen molar-refractivity contribution in [2.45, 2.75) is 25.4 Å². The van der Waals surface area contributed by atoms with Gasteiger partial charge in [0.1, 0.15) is 11.6 Å². The summed E-state index contributed by atoms with van der Waals surface area (Å²) in [4.78, 5) is 8.50. The number of hydrogen-bond donors (Lipinski definition) is 2. The van der Waals surface area contributed by atoms with Crippen LogP contribution in [-0.4, -0.2) is 16.0 Å². The van der Waals surface area contributed by atoms with Crippen LogP contribution >= 0.6 is 0 Å². The number of hydrogen-bond acceptors (Lipinski definition) is 4. The Morgan fingerprint density at radius 1 is 1.21 bits per heavy atom. The molecule has 19 heavy (non-hydrogen) atoms. The summed E-state index contributed by atoms with van der Waals surface area (Å²) >= 11 is 0. The number of halogens is 1. The number of nitrogens with one attached hydrogen (secondary N) is 2. The molecule has 0 atom stereocenters. The Morgan fingerprint density at radius 3 is 2.84 bits per heavy atom. The third-order valence-electron chi connectivity index (χ3n) is 2.98. The summed E-state index contributed by atoms with van der Waals surface area (Å²) < 4.78 is 13.5. The maximum absolute atomic E-state index is 13.5. The minimum Gasteiger partial charge on any atom is -0.366 e. The molecule has 2 N–H and O–H groups in total. The third kappa shape index (κ3) is 3.19. The first-order valence-electron chi connectivity index (χ1n) is 6.38. The molecule has 0 spiro atoms. The van der Waals surface area contributed by atoms with Crippen molar-refractivity contribution in [3.8, 4) is 0 Å². The third-order valence-corrected chi connectivity index (χ3v) is 2.98. The van der Waals surface area contributed by atoms with E-state index < -0.39 is 0 Å². The molecule has 1 aliphatic carbocycles. The van der Waals surface area contributed by atoms with E-state index in [1.54, 1.807) is 24.4 Å². The maximum atomic E-state index is 13.5. The van der Waals surface area contributed by atoms with Gasteiger partial charge in [-0.2, -0.15) is 4.98 Å². The normalized spacial score (nSPS) is 14.2. The van der Waals surface area contributed by atoms with Gasteiger partial charge in [0.15, 0.2) is 0 Å². The van der Waals surface area contributed by atoms with Crippen LogP contribution in [0.2, 0.25) is 0 Å². The molecule has 2 aromatic rings. The van der Waals surface area contributed by atoms with Gasteiger partial charge in [0.25, 0.3) is 0 Å². The zero-order chi connectivity index (χ0) is 13.1. The lowest BCUT2D eigenvalue weighted by Crippen LogP contribution is -2.08. The van der Waals surface area contributed by atoms with Crippen molar-refractivity contribution >= 4 is 11.8 Å². The number of aromatic nitrogens is 2. The summed E-state index contributed by atoms with van der Waals surface area (Å²) in [6, 6.07) is 9.01. The van der Waals surface area contributed by atoms with Crippen molar-refractivity contribution < 1.29 is 4.39 Å². The summed E-state index contributed by atoms with van der Waals surface area (Å²) in [6.45, 7) is 0.409. The van der Waals surface area contributed by atoms with E-state index in [0.717, 1.165) is 0 Å². The molecule has 98 valence electrons. The van der Waals surface area contributed by atoms with E-state index in [1.807, 2.05) is 6.07 Å². The lowest BCUT2D eigenvalue weighted by Gasteiger charge is -2.08. The van der Waals surface area contributed by atoms with E-state index >= 15 is 0 Å². The Morgan fingerprint density at radius 2 is 2.05 bits per heavy atom. The highest BCUT2D eigenvalue weighted by Gasteiger charge is 2.21. The first kappa shape index (κ1) is 11.9. The van der Waals surface area contributed by atoms with Crippen molar-refractivity contribution in [3.05, 3.63) is 47.9 Å². The van der Waals surface area contributed by atoms with Crippen LogP contribution in [0.25, 0.3) is 0 Å². The first-order chi connectivity index (χ1) is 9.31. The van der Waals surface area contributed by atoms with E-state index in [2.05, 4.69) is 20.6 Å². The second-order valence-corrected chi connectivity index (χ2v) is 4.63. The molecule has 1 heterocycles. The van der Waals surface area contributed by atoms with Crippen molar-refractivity contribution in [2.24, 2.45) is 0 Å². The van der Waals surface area contributed by atoms with Gasteiger partial charge in [-0.15, -0.1) is 0 Å². The molecule has 1 aromatic heterocycles. The van der Waals surface area contributed by atoms with Gasteiger partial charge in [0.05, 0.1) is 0 Å². The van der Waals surface area contributed by atoms with E-state index in [-0.39, 0.29) is 5.82 Å². The van der Waals surface area contributed by atoms with Gasteiger partial charge < -0.3 is 10.6 Å². The molecule has 0 aliphatic heterocycles. The minimum atomic E-state index is -0.208. The number of benzene rings is 1. The van der Waals surface area contributed by atoms with Gasteiger partial charge in [-0.3, -0.25) is 0 Å². The molecule has 4 nitrogen and oxygen atoms in total. The average Bonchev–Trinajstić information content (AvgIpc) is 3.22. The molecular weight excluding hydrogens is 243 g/mol. The Labute approximate surface area is 111 Å². The average molecular weight is 258 g/mol. The van der Waals surface area contributed by atoms with Gasteiger partial charge in [0.2, 0.25) is 5.95 Å². The maximum Gasteiger partial charge on any atom is 0.224 e. The largest absolute Gasteiger partial charge is 0.366 e.